The van der Waals surface area contributed by atoms with Crippen LogP contribution in [0.15, 0.2) is 12.1 Å². The third-order valence-electron chi connectivity index (χ3n) is 3.41. The SMILES string of the molecule is OCC[C@@H](c1c(F)ccc(Cl)c1F)N1CCNCC1. The molecule has 2 N–H and O–H groups in total. The Bertz CT molecular complexity index is 439. The Balaban J connectivity index is 2.35. The Morgan fingerprint density at radius 1 is 1.32 bits per heavy atom. The molecule has 6 heteroatoms. The molecule has 0 saturated carbocycles. The topological polar surface area (TPSA) is 35.5 Å². The van der Waals surface area contributed by atoms with Crippen molar-refractivity contribution in [1.82, 2.24) is 10.2 Å². The molecular weight excluding hydrogens is 274 g/mol. The maximum absolute atomic E-state index is 14.1. The van der Waals surface area contributed by atoms with Crippen molar-refractivity contribution in [3.8, 4) is 0 Å². The Labute approximate surface area is 116 Å². The van der Waals surface area contributed by atoms with E-state index in [0.717, 1.165) is 13.1 Å². The van der Waals surface area contributed by atoms with Gasteiger partial charge in [0.25, 0.3) is 0 Å². The summed E-state index contributed by atoms with van der Waals surface area (Å²) in [5.74, 6) is -1.34. The van der Waals surface area contributed by atoms with Crippen molar-refractivity contribution in [3.05, 3.63) is 34.4 Å². The van der Waals surface area contributed by atoms with E-state index < -0.39 is 17.7 Å². The van der Waals surface area contributed by atoms with Crippen molar-refractivity contribution in [3.63, 3.8) is 0 Å². The Hall–Kier alpha value is -0.750. The number of rotatable bonds is 4. The molecule has 1 atom stereocenters. The van der Waals surface area contributed by atoms with Gasteiger partial charge >= 0.3 is 0 Å². The number of hydrogen-bond acceptors (Lipinski definition) is 3. The zero-order chi connectivity index (χ0) is 13.8. The summed E-state index contributed by atoms with van der Waals surface area (Å²) in [6.45, 7) is 2.80. The molecule has 2 rings (SSSR count). The van der Waals surface area contributed by atoms with Crippen LogP contribution in [0.3, 0.4) is 0 Å². The second-order valence-electron chi connectivity index (χ2n) is 4.57. The summed E-state index contributed by atoms with van der Waals surface area (Å²) >= 11 is 5.73. The van der Waals surface area contributed by atoms with Crippen LogP contribution in [0.4, 0.5) is 8.78 Å². The van der Waals surface area contributed by atoms with Gasteiger partial charge < -0.3 is 10.4 Å². The van der Waals surface area contributed by atoms with E-state index in [1.54, 1.807) is 0 Å². The maximum atomic E-state index is 14.1. The highest BCUT2D eigenvalue weighted by Gasteiger charge is 2.28. The van der Waals surface area contributed by atoms with Crippen molar-refractivity contribution in [1.29, 1.82) is 0 Å². The van der Waals surface area contributed by atoms with Crippen molar-refractivity contribution >= 4 is 11.6 Å². The van der Waals surface area contributed by atoms with Crippen LogP contribution < -0.4 is 5.32 Å². The summed E-state index contributed by atoms with van der Waals surface area (Å²) in [4.78, 5) is 1.98. The van der Waals surface area contributed by atoms with Crippen LogP contribution in [0.25, 0.3) is 0 Å². The number of hydrogen-bond donors (Lipinski definition) is 2. The van der Waals surface area contributed by atoms with E-state index in [4.69, 9.17) is 16.7 Å². The number of nitrogens with one attached hydrogen (secondary N) is 1. The average Bonchev–Trinajstić information content (AvgIpc) is 2.43. The molecule has 1 saturated heterocycles. The lowest BCUT2D eigenvalue weighted by atomic mass is 10.00. The molecule has 1 aliphatic heterocycles. The van der Waals surface area contributed by atoms with Gasteiger partial charge in [0.1, 0.15) is 11.6 Å². The largest absolute Gasteiger partial charge is 0.396 e. The zero-order valence-electron chi connectivity index (χ0n) is 10.5. The van der Waals surface area contributed by atoms with Crippen molar-refractivity contribution in [2.75, 3.05) is 32.8 Å². The lowest BCUT2D eigenvalue weighted by Gasteiger charge is -2.35. The highest BCUT2D eigenvalue weighted by Crippen LogP contribution is 2.32. The van der Waals surface area contributed by atoms with E-state index in [-0.39, 0.29) is 23.6 Å². The molecule has 0 bridgehead atoms. The lowest BCUT2D eigenvalue weighted by molar-refractivity contribution is 0.135. The highest BCUT2D eigenvalue weighted by atomic mass is 35.5. The molecule has 0 amide bonds. The second kappa shape index (κ2) is 6.61. The number of benzene rings is 1. The first-order chi connectivity index (χ1) is 9.15. The molecular formula is C13H17ClF2N2O. The molecule has 0 spiro atoms. The van der Waals surface area contributed by atoms with Crippen LogP contribution in [0, 0.1) is 11.6 Å². The van der Waals surface area contributed by atoms with Crippen LogP contribution in [0.2, 0.25) is 5.02 Å². The molecule has 1 heterocycles. The normalized spacial score (nSPS) is 18.5. The van der Waals surface area contributed by atoms with Gasteiger partial charge in [-0.2, -0.15) is 0 Å². The number of aliphatic hydroxyl groups excluding tert-OH is 1. The average molecular weight is 291 g/mol. The molecule has 1 aromatic rings. The summed E-state index contributed by atoms with van der Waals surface area (Å²) in [6.07, 6.45) is 0.286. The second-order valence-corrected chi connectivity index (χ2v) is 4.98. The van der Waals surface area contributed by atoms with Crippen molar-refractivity contribution in [2.45, 2.75) is 12.5 Å². The Kier molecular flexibility index (Phi) is 5.10. The third-order valence-corrected chi connectivity index (χ3v) is 3.70. The first kappa shape index (κ1) is 14.7. The minimum atomic E-state index is -0.723. The van der Waals surface area contributed by atoms with Gasteiger partial charge in [-0.15, -0.1) is 0 Å². The number of nitrogens with zero attached hydrogens (tertiary/aromatic N) is 1. The molecule has 0 radical (unpaired) electrons. The molecule has 0 aliphatic carbocycles. The summed E-state index contributed by atoms with van der Waals surface area (Å²) in [5, 5.41) is 12.3. The number of halogens is 3. The molecule has 1 aromatic carbocycles. The fraction of sp³-hybridized carbons (Fsp3) is 0.538. The van der Waals surface area contributed by atoms with Gasteiger partial charge in [0, 0.05) is 44.4 Å². The summed E-state index contributed by atoms with van der Waals surface area (Å²) in [5.41, 5.74) is -0.0385. The fourth-order valence-corrected chi connectivity index (χ4v) is 2.64. The monoisotopic (exact) mass is 290 g/mol. The quantitative estimate of drug-likeness (QED) is 0.832. The van der Waals surface area contributed by atoms with E-state index in [0.29, 0.717) is 13.1 Å². The van der Waals surface area contributed by atoms with Crippen LogP contribution in [-0.4, -0.2) is 42.8 Å². The van der Waals surface area contributed by atoms with E-state index in [9.17, 15) is 8.78 Å². The molecule has 1 aliphatic rings. The van der Waals surface area contributed by atoms with Crippen LogP contribution >= 0.6 is 11.6 Å². The van der Waals surface area contributed by atoms with Crippen LogP contribution in [0.5, 0.6) is 0 Å². The smallest absolute Gasteiger partial charge is 0.149 e. The van der Waals surface area contributed by atoms with Crippen molar-refractivity contribution < 1.29 is 13.9 Å². The van der Waals surface area contributed by atoms with E-state index >= 15 is 0 Å². The first-order valence-electron chi connectivity index (χ1n) is 6.34. The van der Waals surface area contributed by atoms with Gasteiger partial charge in [-0.25, -0.2) is 8.78 Å². The summed E-state index contributed by atoms with van der Waals surface area (Å²) in [7, 11) is 0. The van der Waals surface area contributed by atoms with Gasteiger partial charge in [-0.1, -0.05) is 11.6 Å². The summed E-state index contributed by atoms with van der Waals surface area (Å²) in [6, 6.07) is 1.90. The maximum Gasteiger partial charge on any atom is 0.149 e. The molecule has 106 valence electrons. The van der Waals surface area contributed by atoms with Gasteiger partial charge in [0.05, 0.1) is 5.02 Å². The third kappa shape index (κ3) is 3.23. The number of aliphatic hydroxyl groups is 1. The van der Waals surface area contributed by atoms with Crippen LogP contribution in [-0.2, 0) is 0 Å². The molecule has 1 fully saturated rings. The van der Waals surface area contributed by atoms with Gasteiger partial charge in [-0.3, -0.25) is 4.90 Å². The Morgan fingerprint density at radius 2 is 2.00 bits per heavy atom. The predicted octanol–water partition coefficient (Wildman–Crippen LogP) is 1.95. The lowest BCUT2D eigenvalue weighted by Crippen LogP contribution is -2.45. The molecule has 19 heavy (non-hydrogen) atoms. The molecule has 0 aromatic heterocycles. The van der Waals surface area contributed by atoms with Gasteiger partial charge in [0.2, 0.25) is 0 Å². The van der Waals surface area contributed by atoms with Gasteiger partial charge in [0.15, 0.2) is 0 Å². The van der Waals surface area contributed by atoms with Gasteiger partial charge in [-0.05, 0) is 18.6 Å². The number of piperazine rings is 1. The molecule has 3 nitrogen and oxygen atoms in total. The minimum absolute atomic E-state index is 0.0385. The summed E-state index contributed by atoms with van der Waals surface area (Å²) < 4.78 is 28.0. The van der Waals surface area contributed by atoms with E-state index in [2.05, 4.69) is 5.32 Å². The molecule has 0 unspecified atom stereocenters. The standard InChI is InChI=1S/C13H17ClF2N2O/c14-9-1-2-10(15)12(13(9)16)11(3-8-19)18-6-4-17-5-7-18/h1-2,11,17,19H,3-8H2/t11-/m0/s1. The van der Waals surface area contributed by atoms with Crippen LogP contribution in [0.1, 0.15) is 18.0 Å². The predicted molar refractivity (Wildman–Crippen MR) is 70.3 cm³/mol. The zero-order valence-corrected chi connectivity index (χ0v) is 11.3. The first-order valence-corrected chi connectivity index (χ1v) is 6.72. The van der Waals surface area contributed by atoms with E-state index in [1.807, 2.05) is 4.90 Å². The highest BCUT2D eigenvalue weighted by molar-refractivity contribution is 6.30. The van der Waals surface area contributed by atoms with Crippen molar-refractivity contribution in [2.24, 2.45) is 0 Å². The Morgan fingerprint density at radius 3 is 2.63 bits per heavy atom. The van der Waals surface area contributed by atoms with E-state index in [1.165, 1.54) is 12.1 Å². The minimum Gasteiger partial charge on any atom is -0.396 e. The fourth-order valence-electron chi connectivity index (χ4n) is 2.47.